The molecule has 0 spiro atoms. The van der Waals surface area contributed by atoms with Crippen LogP contribution in [-0.2, 0) is 18.5 Å². The molecule has 0 unspecified atom stereocenters. The number of carbonyl (C=O) groups is 3. The summed E-state index contributed by atoms with van der Waals surface area (Å²) in [6, 6.07) is 23.4. The van der Waals surface area contributed by atoms with E-state index >= 15 is 0 Å². The Kier molecular flexibility index (Phi) is 32.7. The van der Waals surface area contributed by atoms with Crippen molar-refractivity contribution in [1.82, 2.24) is 9.80 Å². The van der Waals surface area contributed by atoms with Crippen LogP contribution < -0.4 is 63.6 Å². The third-order valence-electron chi connectivity index (χ3n) is 11.5. The van der Waals surface area contributed by atoms with Gasteiger partial charge in [0, 0.05) is 30.2 Å². The van der Waals surface area contributed by atoms with Gasteiger partial charge in [0.05, 0.1) is 79.3 Å². The van der Waals surface area contributed by atoms with Crippen molar-refractivity contribution >= 4 is 69.6 Å². The lowest BCUT2D eigenvalue weighted by Gasteiger charge is -2.24. The number of halogens is 13. The first-order valence-electron chi connectivity index (χ1n) is 27.0. The second kappa shape index (κ2) is 37.0. The van der Waals surface area contributed by atoms with Crippen LogP contribution in [0.1, 0.15) is 68.5 Å². The summed E-state index contributed by atoms with van der Waals surface area (Å²) in [7, 11) is 13.6. The lowest BCUT2D eigenvalue weighted by molar-refractivity contribution is -0.870. The molecule has 0 atom stereocenters. The maximum atomic E-state index is 13.1. The number of alkyl halides is 9. The number of ether oxygens (including phenoxy) is 5. The summed E-state index contributed by atoms with van der Waals surface area (Å²) in [5, 5.41) is 23.9. The van der Waals surface area contributed by atoms with Crippen molar-refractivity contribution in [2.45, 2.75) is 39.3 Å². The van der Waals surface area contributed by atoms with Crippen LogP contribution in [0.2, 0.25) is 15.1 Å². The molecule has 0 bridgehead atoms. The van der Waals surface area contributed by atoms with E-state index in [4.69, 9.17) is 63.6 Å². The van der Waals surface area contributed by atoms with Crippen molar-refractivity contribution in [2.24, 2.45) is 0 Å². The van der Waals surface area contributed by atoms with E-state index < -0.39 is 68.0 Å². The Bertz CT molecular complexity index is 3280. The van der Waals surface area contributed by atoms with Gasteiger partial charge in [0.15, 0.2) is 0 Å². The number of nitrogens with zero attached hydrogens (tertiary/aromatic N) is 3. The lowest BCUT2D eigenvalue weighted by atomic mass is 10.1. The van der Waals surface area contributed by atoms with Crippen molar-refractivity contribution in [2.75, 3.05) is 125 Å². The molecule has 0 saturated heterocycles. The van der Waals surface area contributed by atoms with E-state index in [0.717, 1.165) is 42.9 Å². The van der Waals surface area contributed by atoms with E-state index in [0.29, 0.717) is 44.0 Å². The number of hydrogen-bond donors (Lipinski definition) is 5. The summed E-state index contributed by atoms with van der Waals surface area (Å²) in [5.41, 5.74) is -3.26. The van der Waals surface area contributed by atoms with E-state index in [-0.39, 0.29) is 105 Å². The van der Waals surface area contributed by atoms with Gasteiger partial charge in [-0.05, 0) is 140 Å². The number of carbonyl (C=O) groups excluding carboxylic acids is 3. The summed E-state index contributed by atoms with van der Waals surface area (Å²) < 4.78 is 146. The van der Waals surface area contributed by atoms with Crippen LogP contribution in [-0.4, -0.2) is 151 Å². The molecule has 0 heterocycles. The average Bonchev–Trinajstić information content (AvgIpc) is 1.06. The zero-order chi connectivity index (χ0) is 67.0. The number of anilines is 3. The Morgan fingerprint density at radius 2 is 0.778 bits per heavy atom. The normalized spacial score (nSPS) is 11.3. The Morgan fingerprint density at radius 1 is 0.478 bits per heavy atom. The first-order valence-corrected chi connectivity index (χ1v) is 28.2. The first kappa shape index (κ1) is 79.4. The minimum absolute atomic E-state index is 0. The largest absolute Gasteiger partial charge is 1.00 e. The molecule has 90 heavy (non-hydrogen) atoms. The number of aliphatic hydroxyl groups is 1. The molecular formula is C61H71Cl3F9IN6O10. The number of likely N-dealkylation sites (N-methyl/N-ethyl adjacent to an activating group) is 3. The predicted molar refractivity (Wildman–Crippen MR) is 326 cm³/mol. The molecule has 0 aliphatic heterocycles. The molecule has 6 aromatic rings. The van der Waals surface area contributed by atoms with Crippen molar-refractivity contribution in [3.8, 4) is 34.5 Å². The Labute approximate surface area is 548 Å². The van der Waals surface area contributed by atoms with Gasteiger partial charge in [0.25, 0.3) is 17.7 Å². The summed E-state index contributed by atoms with van der Waals surface area (Å²) in [5.74, 6) is -1.19. The molecule has 0 saturated carbocycles. The average molecular weight is 1450 g/mol. The molecule has 0 aromatic heterocycles. The second-order valence-corrected chi connectivity index (χ2v) is 21.4. The van der Waals surface area contributed by atoms with Gasteiger partial charge in [-0.25, -0.2) is 0 Å². The number of hydrogen-bond acceptors (Lipinski definition) is 12. The summed E-state index contributed by atoms with van der Waals surface area (Å²) in [6.07, 6.45) is -13.9. The number of rotatable bonds is 22. The van der Waals surface area contributed by atoms with E-state index in [1.54, 1.807) is 57.2 Å². The highest BCUT2D eigenvalue weighted by Crippen LogP contribution is 2.40. The van der Waals surface area contributed by atoms with Crippen LogP contribution in [0.15, 0.2) is 109 Å². The second-order valence-electron chi connectivity index (χ2n) is 20.2. The van der Waals surface area contributed by atoms with Gasteiger partial charge in [-0.15, -0.1) is 0 Å². The van der Waals surface area contributed by atoms with E-state index in [1.165, 1.54) is 36.4 Å². The number of nitrogens with one attached hydrogen (secondary N) is 3. The first-order chi connectivity index (χ1) is 41.6. The smallest absolute Gasteiger partial charge is 0.417 e. The van der Waals surface area contributed by atoms with Gasteiger partial charge in [-0.2, -0.15) is 39.5 Å². The minimum Gasteiger partial charge on any atom is -1.00 e. The van der Waals surface area contributed by atoms with Crippen LogP contribution in [0.25, 0.3) is 0 Å². The molecule has 3 amide bonds. The van der Waals surface area contributed by atoms with Crippen molar-refractivity contribution in [1.29, 1.82) is 0 Å². The molecule has 0 fully saturated rings. The van der Waals surface area contributed by atoms with Crippen LogP contribution in [0.4, 0.5) is 56.6 Å². The fraction of sp³-hybridized carbons (Fsp3) is 0.361. The van der Waals surface area contributed by atoms with Gasteiger partial charge >= 0.3 is 18.5 Å². The molecule has 6 aromatic carbocycles. The van der Waals surface area contributed by atoms with Gasteiger partial charge in [-0.3, -0.25) is 14.4 Å². The predicted octanol–water partition coefficient (Wildman–Crippen LogP) is 11.3. The third-order valence-corrected chi connectivity index (χ3v) is 12.5. The molecule has 0 radical (unpaired) electrons. The fourth-order valence-corrected chi connectivity index (χ4v) is 7.97. The van der Waals surface area contributed by atoms with E-state index in [9.17, 15) is 59.0 Å². The topological polar surface area (TPSA) is 180 Å². The van der Waals surface area contributed by atoms with E-state index in [2.05, 4.69) is 16.0 Å². The molecule has 16 nitrogen and oxygen atoms in total. The quantitative estimate of drug-likeness (QED) is 0.0247. The van der Waals surface area contributed by atoms with Crippen molar-refractivity contribution in [3.05, 3.63) is 158 Å². The number of quaternary nitrogens is 1. The van der Waals surface area contributed by atoms with Gasteiger partial charge in [0.1, 0.15) is 70.9 Å². The van der Waals surface area contributed by atoms with Gasteiger partial charge in [0.2, 0.25) is 0 Å². The molecule has 496 valence electrons. The van der Waals surface area contributed by atoms with Crippen LogP contribution in [0.3, 0.4) is 0 Å². The number of phenols is 1. The molecule has 6 rings (SSSR count). The number of benzene rings is 6. The highest BCUT2D eigenvalue weighted by Gasteiger charge is 2.36. The lowest BCUT2D eigenvalue weighted by Crippen LogP contribution is -3.00. The molecule has 5 N–H and O–H groups in total. The Balaban J connectivity index is 0.000000439. The van der Waals surface area contributed by atoms with Crippen molar-refractivity contribution < 1.29 is 116 Å². The Hall–Kier alpha value is -6.66. The van der Waals surface area contributed by atoms with Gasteiger partial charge < -0.3 is 88.1 Å². The monoisotopic (exact) mass is 1450 g/mol. The highest BCUT2D eigenvalue weighted by atomic mass is 127. The summed E-state index contributed by atoms with van der Waals surface area (Å²) in [6.45, 7) is 9.08. The maximum absolute atomic E-state index is 13.1. The Morgan fingerprint density at radius 3 is 1.07 bits per heavy atom. The van der Waals surface area contributed by atoms with Crippen LogP contribution >= 0.6 is 34.8 Å². The minimum atomic E-state index is -4.65. The molecule has 0 aliphatic rings. The number of aliphatic hydroxyl groups excluding tert-OH is 1. The number of aromatic hydroxyl groups is 1. The van der Waals surface area contributed by atoms with Crippen molar-refractivity contribution in [3.63, 3.8) is 0 Å². The molecule has 29 heteroatoms. The number of phenolic OH excluding ortho intramolecular Hbond substituents is 1. The van der Waals surface area contributed by atoms with Crippen LogP contribution in [0.5, 0.6) is 34.5 Å². The SMILES string of the molecule is CCOc1cccc(O)c1C(=O)Nc1ccc(Cl)c(C(F)(F)F)c1.CCOc1cccc(OCCN(C)C)c1C(=O)Nc1ccc(Cl)c(C(F)(F)F)c1.CCOc1cccc(OCC[N+](C)(C)C)c1C(=O)Nc1ccc(Cl)c(C(F)(F)F)c1.CN(C)CCO.[I-]. The zero-order valence-electron chi connectivity index (χ0n) is 50.7. The maximum Gasteiger partial charge on any atom is 0.417 e. The third kappa shape index (κ3) is 26.3. The summed E-state index contributed by atoms with van der Waals surface area (Å²) >= 11 is 16.8. The van der Waals surface area contributed by atoms with Crippen LogP contribution in [0, 0.1) is 0 Å². The fourth-order valence-electron chi connectivity index (χ4n) is 7.29. The summed E-state index contributed by atoms with van der Waals surface area (Å²) in [4.78, 5) is 42.0. The van der Waals surface area contributed by atoms with Gasteiger partial charge in [-0.1, -0.05) is 53.0 Å². The standard InChI is InChI=1S/C21H24ClF3N2O3.C20H22ClF3N2O3.C16H13ClF3NO3.C4H11NO.HI/c1-5-29-17-7-6-8-18(30-12-11-27(2,3)4)19(17)20(28)26-14-9-10-16(22)15(13-14)21(23,24)25;1-4-28-16-6-5-7-17(29-11-10-26(2)3)18(16)19(27)25-13-8-9-15(21)14(12-13)20(22,23)24;1-2-24-13-5-3-4-12(22)14(13)15(23)21-9-6-7-11(17)10(8-9)16(18,19)20;1-5(2)3-4-6;/h6-10,13H,5,11-12H2,1-4H3;5-9,12H,4,10-11H2,1-3H3,(H,25,27);3-8,22H,2H2,1H3,(H,21,23);6H,3-4H2,1-2H3;1H. The number of amides is 3. The highest BCUT2D eigenvalue weighted by molar-refractivity contribution is 6.32. The van der Waals surface area contributed by atoms with E-state index in [1.807, 2.05) is 59.1 Å². The molecule has 0 aliphatic carbocycles. The zero-order valence-corrected chi connectivity index (χ0v) is 55.1. The molecular weight excluding hydrogens is 1380 g/mol.